The van der Waals surface area contributed by atoms with Crippen molar-refractivity contribution in [2.75, 3.05) is 0 Å². The normalized spacial score (nSPS) is 13.4. The van der Waals surface area contributed by atoms with E-state index in [1.165, 1.54) is 16.7 Å². The van der Waals surface area contributed by atoms with Crippen LogP contribution in [0.15, 0.2) is 60.9 Å². The fourth-order valence-electron chi connectivity index (χ4n) is 3.93. The van der Waals surface area contributed by atoms with Crippen molar-refractivity contribution in [1.82, 2.24) is 19.7 Å². The highest BCUT2D eigenvalue weighted by molar-refractivity contribution is 5.97. The summed E-state index contributed by atoms with van der Waals surface area (Å²) < 4.78 is 1.84. The molecule has 0 atom stereocenters. The summed E-state index contributed by atoms with van der Waals surface area (Å²) in [4.78, 5) is 18.7. The average molecular weight is 368 g/mol. The molecule has 0 unspecified atom stereocenters. The van der Waals surface area contributed by atoms with Gasteiger partial charge in [0.25, 0.3) is 5.91 Å². The smallest absolute Gasteiger partial charge is 0.256 e. The first kappa shape index (κ1) is 16.7. The molecule has 0 spiro atoms. The Morgan fingerprint density at radius 1 is 1.07 bits per heavy atom. The second-order valence-corrected chi connectivity index (χ2v) is 7.38. The number of nitrogens with zero attached hydrogens (tertiary/aromatic N) is 4. The van der Waals surface area contributed by atoms with Crippen molar-refractivity contribution >= 4 is 16.8 Å². The molecular weight excluding hydrogens is 348 g/mol. The molecule has 0 N–H and O–H groups in total. The van der Waals surface area contributed by atoms with Crippen LogP contribution in [0.25, 0.3) is 22.0 Å². The van der Waals surface area contributed by atoms with Crippen LogP contribution in [0.4, 0.5) is 0 Å². The Morgan fingerprint density at radius 3 is 2.68 bits per heavy atom. The van der Waals surface area contributed by atoms with Gasteiger partial charge < -0.3 is 4.90 Å². The van der Waals surface area contributed by atoms with Gasteiger partial charge in [0.1, 0.15) is 0 Å². The number of hydrogen-bond donors (Lipinski definition) is 0. The van der Waals surface area contributed by atoms with Crippen molar-refractivity contribution in [2.24, 2.45) is 7.05 Å². The minimum atomic E-state index is 0.0602. The van der Waals surface area contributed by atoms with Gasteiger partial charge in [-0.2, -0.15) is 5.10 Å². The Hall–Kier alpha value is -3.47. The van der Waals surface area contributed by atoms with Crippen molar-refractivity contribution in [1.29, 1.82) is 0 Å². The second kappa shape index (κ2) is 6.30. The van der Waals surface area contributed by atoms with E-state index in [2.05, 4.69) is 53.4 Å². The predicted molar refractivity (Wildman–Crippen MR) is 109 cm³/mol. The number of pyridine rings is 1. The molecule has 28 heavy (non-hydrogen) atoms. The number of benzene rings is 2. The Bertz CT molecular complexity index is 1210. The predicted octanol–water partition coefficient (Wildman–Crippen LogP) is 4.10. The summed E-state index contributed by atoms with van der Waals surface area (Å²) in [6.45, 7) is 3.29. The molecule has 1 amide bonds. The van der Waals surface area contributed by atoms with Crippen LogP contribution in [0, 0.1) is 6.92 Å². The zero-order valence-electron chi connectivity index (χ0n) is 15.9. The van der Waals surface area contributed by atoms with Crippen LogP contribution in [-0.4, -0.2) is 25.6 Å². The third kappa shape index (κ3) is 2.76. The first-order valence-corrected chi connectivity index (χ1v) is 9.35. The maximum absolute atomic E-state index is 12.5. The summed E-state index contributed by atoms with van der Waals surface area (Å²) in [5.41, 5.74) is 7.30. The van der Waals surface area contributed by atoms with Crippen LogP contribution in [0.5, 0.6) is 0 Å². The number of carbonyl (C=O) groups is 1. The fourth-order valence-corrected chi connectivity index (χ4v) is 3.93. The number of aryl methyl sites for hydroxylation is 2. The molecule has 1 aliphatic rings. The number of aromatic nitrogens is 3. The highest BCUT2D eigenvalue weighted by Gasteiger charge is 2.27. The fraction of sp³-hybridized carbons (Fsp3) is 0.174. The zero-order chi connectivity index (χ0) is 19.3. The van der Waals surface area contributed by atoms with E-state index in [1.807, 2.05) is 35.0 Å². The van der Waals surface area contributed by atoms with Crippen LogP contribution in [-0.2, 0) is 20.1 Å². The van der Waals surface area contributed by atoms with Gasteiger partial charge in [-0.05, 0) is 53.4 Å². The lowest BCUT2D eigenvalue weighted by molar-refractivity contribution is 0.0766. The Morgan fingerprint density at radius 2 is 1.89 bits per heavy atom. The first-order chi connectivity index (χ1) is 13.6. The Balaban J connectivity index is 1.39. The zero-order valence-corrected chi connectivity index (χ0v) is 15.9. The largest absolute Gasteiger partial charge is 0.328 e. The van der Waals surface area contributed by atoms with Crippen LogP contribution in [0.2, 0.25) is 0 Å². The van der Waals surface area contributed by atoms with Gasteiger partial charge in [-0.3, -0.25) is 14.5 Å². The molecule has 0 radical (unpaired) electrons. The van der Waals surface area contributed by atoms with Crippen molar-refractivity contribution in [3.63, 3.8) is 0 Å². The lowest BCUT2D eigenvalue weighted by Gasteiger charge is -2.16. The van der Waals surface area contributed by atoms with Crippen molar-refractivity contribution < 1.29 is 4.79 Å². The minimum Gasteiger partial charge on any atom is -0.328 e. The van der Waals surface area contributed by atoms with Gasteiger partial charge in [0, 0.05) is 31.4 Å². The molecule has 2 aromatic carbocycles. The molecule has 1 aliphatic heterocycles. The number of fused-ring (bicyclic) bond motifs is 2. The topological polar surface area (TPSA) is 51.0 Å². The quantitative estimate of drug-likeness (QED) is 0.547. The van der Waals surface area contributed by atoms with Crippen molar-refractivity contribution in [3.05, 3.63) is 83.3 Å². The van der Waals surface area contributed by atoms with E-state index in [0.29, 0.717) is 13.1 Å². The van der Waals surface area contributed by atoms with Gasteiger partial charge in [0.05, 0.1) is 23.3 Å². The van der Waals surface area contributed by atoms with Gasteiger partial charge in [0.2, 0.25) is 0 Å². The molecule has 0 fully saturated rings. The lowest BCUT2D eigenvalue weighted by Crippen LogP contribution is -2.23. The molecule has 5 nitrogen and oxygen atoms in total. The average Bonchev–Trinajstić information content (AvgIpc) is 3.21. The number of amides is 1. The van der Waals surface area contributed by atoms with Crippen molar-refractivity contribution in [3.8, 4) is 11.1 Å². The Kier molecular flexibility index (Phi) is 3.76. The van der Waals surface area contributed by atoms with E-state index in [0.717, 1.165) is 27.7 Å². The highest BCUT2D eigenvalue weighted by atomic mass is 16.2. The summed E-state index contributed by atoms with van der Waals surface area (Å²) >= 11 is 0. The third-order valence-electron chi connectivity index (χ3n) is 5.35. The van der Waals surface area contributed by atoms with Crippen LogP contribution < -0.4 is 0 Å². The highest BCUT2D eigenvalue weighted by Crippen LogP contribution is 2.29. The van der Waals surface area contributed by atoms with Gasteiger partial charge in [-0.25, -0.2) is 0 Å². The molecule has 0 aliphatic carbocycles. The monoisotopic (exact) mass is 368 g/mol. The van der Waals surface area contributed by atoms with Crippen molar-refractivity contribution in [2.45, 2.75) is 20.0 Å². The minimum absolute atomic E-state index is 0.0602. The second-order valence-electron chi connectivity index (χ2n) is 7.38. The molecule has 0 bridgehead atoms. The van der Waals surface area contributed by atoms with E-state index in [9.17, 15) is 4.79 Å². The van der Waals surface area contributed by atoms with Gasteiger partial charge in [-0.1, -0.05) is 24.3 Å². The SMILES string of the molecule is Cc1cc2nn(C)cc2cc1-c1ccc(CN2Cc3ncccc3C2=O)cc1. The van der Waals surface area contributed by atoms with E-state index in [-0.39, 0.29) is 5.91 Å². The molecule has 138 valence electrons. The summed E-state index contributed by atoms with van der Waals surface area (Å²) in [5, 5.41) is 5.62. The molecule has 4 aromatic rings. The van der Waals surface area contributed by atoms with Gasteiger partial charge in [0.15, 0.2) is 0 Å². The molecule has 5 heteroatoms. The number of hydrogen-bond acceptors (Lipinski definition) is 3. The lowest BCUT2D eigenvalue weighted by atomic mass is 9.98. The Labute approximate surface area is 163 Å². The molecule has 0 saturated heterocycles. The van der Waals surface area contributed by atoms with Gasteiger partial charge in [-0.15, -0.1) is 0 Å². The summed E-state index contributed by atoms with van der Waals surface area (Å²) in [5.74, 6) is 0.0602. The molecular formula is C23H20N4O. The standard InChI is InChI=1S/C23H20N4O/c1-15-10-21-18(13-26(2)25-21)11-20(15)17-7-5-16(6-8-17)12-27-14-22-19(23(27)28)4-3-9-24-22/h3-11,13H,12,14H2,1-2H3. The van der Waals surface area contributed by atoms with E-state index in [4.69, 9.17) is 0 Å². The third-order valence-corrected chi connectivity index (χ3v) is 5.35. The van der Waals surface area contributed by atoms with E-state index >= 15 is 0 Å². The van der Waals surface area contributed by atoms with E-state index in [1.54, 1.807) is 6.20 Å². The molecule has 3 heterocycles. The summed E-state index contributed by atoms with van der Waals surface area (Å²) in [6.07, 6.45) is 3.78. The maximum atomic E-state index is 12.5. The van der Waals surface area contributed by atoms with Crippen LogP contribution >= 0.6 is 0 Å². The first-order valence-electron chi connectivity index (χ1n) is 9.35. The van der Waals surface area contributed by atoms with E-state index < -0.39 is 0 Å². The molecule has 5 rings (SSSR count). The molecule has 0 saturated carbocycles. The number of rotatable bonds is 3. The summed E-state index contributed by atoms with van der Waals surface area (Å²) in [6, 6.07) is 16.5. The number of carbonyl (C=O) groups excluding carboxylic acids is 1. The summed E-state index contributed by atoms with van der Waals surface area (Å²) in [7, 11) is 1.94. The van der Waals surface area contributed by atoms with Crippen LogP contribution in [0.1, 0.15) is 27.2 Å². The van der Waals surface area contributed by atoms with Crippen LogP contribution in [0.3, 0.4) is 0 Å². The molecule has 2 aromatic heterocycles. The van der Waals surface area contributed by atoms with Gasteiger partial charge >= 0.3 is 0 Å². The maximum Gasteiger partial charge on any atom is 0.256 e.